The van der Waals surface area contributed by atoms with Crippen molar-refractivity contribution in [2.45, 2.75) is 157 Å². The summed E-state index contributed by atoms with van der Waals surface area (Å²) in [4.78, 5) is 57.1. The molecule has 0 atom stereocenters. The lowest BCUT2D eigenvalue weighted by Crippen LogP contribution is -2.33. The van der Waals surface area contributed by atoms with Crippen molar-refractivity contribution < 1.29 is 19.2 Å². The van der Waals surface area contributed by atoms with E-state index in [1.807, 2.05) is 12.1 Å². The molecule has 10 heterocycles. The van der Waals surface area contributed by atoms with Crippen molar-refractivity contribution in [2.24, 2.45) is 0 Å². The Morgan fingerprint density at radius 3 is 1.03 bits per heavy atom. The number of rotatable bonds is 0. The molecule has 6 aromatic rings. The number of aryl methyl sites for hydroxylation is 8. The molecule has 8 heteroatoms. The summed E-state index contributed by atoms with van der Waals surface area (Å²) in [5.74, 6) is -1.10. The van der Waals surface area contributed by atoms with E-state index in [1.165, 1.54) is 35.1 Å². The van der Waals surface area contributed by atoms with Gasteiger partial charge in [0.1, 0.15) is 0 Å². The zero-order valence-corrected chi connectivity index (χ0v) is 44.4. The summed E-state index contributed by atoms with van der Waals surface area (Å²) in [6.45, 7) is 23.1. The molecule has 372 valence electrons. The zero-order chi connectivity index (χ0) is 51.4. The van der Waals surface area contributed by atoms with Crippen LogP contribution in [0.4, 0.5) is 22.7 Å². The summed E-state index contributed by atoms with van der Waals surface area (Å²) < 4.78 is 0. The van der Waals surface area contributed by atoms with Crippen molar-refractivity contribution in [2.75, 3.05) is 21.3 Å². The Morgan fingerprint density at radius 1 is 0.375 bits per heavy atom. The number of carbonyl (C=O) groups excluding carboxylic acids is 4. The molecule has 2 fully saturated rings. The van der Waals surface area contributed by atoms with E-state index in [-0.39, 0.29) is 39.9 Å². The quantitative estimate of drug-likeness (QED) is 0.121. The van der Waals surface area contributed by atoms with Crippen molar-refractivity contribution >= 4 is 46.4 Å². The minimum Gasteiger partial charge on any atom is -0.322 e. The fourth-order valence-corrected chi connectivity index (χ4v) is 13.0. The van der Waals surface area contributed by atoms with Crippen molar-refractivity contribution in [1.29, 1.82) is 0 Å². The molecule has 0 unspecified atom stereocenters. The SMILES string of the molecule is Cc1cc2cc(C)c1NC(=O)c1cccc(c1)C(=O)Nc1c(C)cc(cc1C)C1(CCCCC1)c1c(C)cc(cc1C)NC(=O)c1cc(cc(C(C)(C)C)c1)C(=O)Nc1cc(C)c(c(C)c1)C21CCCCC1. The van der Waals surface area contributed by atoms with Gasteiger partial charge in [0.2, 0.25) is 0 Å². The third-order valence-electron chi connectivity index (χ3n) is 16.3. The van der Waals surface area contributed by atoms with Crippen LogP contribution in [0.25, 0.3) is 0 Å². The van der Waals surface area contributed by atoms with E-state index in [4.69, 9.17) is 0 Å². The van der Waals surface area contributed by atoms with Gasteiger partial charge in [-0.25, -0.2) is 0 Å². The standard InChI is InChI=1S/C64H72N4O4/c1-37-29-52-30-38(2)54(37)63(21-14-12-15-22-63)50-25-41(5)56(42(6)26-50)67-58(69)45-19-18-20-46(33-45)59(70)68-57-43(7)27-51(28-44(57)8)64(23-16-13-17-24-64)55-39(3)31-53(32-40(55)4)66-61(72)48-34-47(60(71)65-52)35-49(36-48)62(9,10)11/h18-20,25-36H,12-17,21-24H2,1-11H3,(H,65,71)(H,66,72)(H,67,69)(H,68,70). The van der Waals surface area contributed by atoms with Gasteiger partial charge in [0, 0.05) is 55.8 Å². The summed E-state index contributed by atoms with van der Waals surface area (Å²) in [6, 6.07) is 29.8. The van der Waals surface area contributed by atoms with E-state index in [0.717, 1.165) is 113 Å². The Kier molecular flexibility index (Phi) is 13.5. The molecule has 8 nitrogen and oxygen atoms in total. The number of carbonyl (C=O) groups is 4. The first-order valence-electron chi connectivity index (χ1n) is 26.2. The van der Waals surface area contributed by atoms with Crippen LogP contribution < -0.4 is 21.3 Å². The molecule has 72 heavy (non-hydrogen) atoms. The van der Waals surface area contributed by atoms with Crippen LogP contribution >= 0.6 is 0 Å². The van der Waals surface area contributed by atoms with Gasteiger partial charge in [0.05, 0.1) is 0 Å². The second kappa shape index (κ2) is 19.3. The van der Waals surface area contributed by atoms with Crippen LogP contribution in [0.2, 0.25) is 0 Å². The molecule has 6 aromatic carbocycles. The van der Waals surface area contributed by atoms with E-state index >= 15 is 0 Å². The lowest BCUT2D eigenvalue weighted by molar-refractivity contribution is 0.101. The van der Waals surface area contributed by atoms with Gasteiger partial charge in [0.25, 0.3) is 23.6 Å². The number of hydrogen-bond donors (Lipinski definition) is 4. The predicted octanol–water partition coefficient (Wildman–Crippen LogP) is 15.3. The summed E-state index contributed by atoms with van der Waals surface area (Å²) in [5, 5.41) is 12.9. The number of hydrogen-bond acceptors (Lipinski definition) is 4. The highest BCUT2D eigenvalue weighted by atomic mass is 16.2. The molecular weight excluding hydrogens is 889 g/mol. The Morgan fingerprint density at radius 2 is 0.694 bits per heavy atom. The van der Waals surface area contributed by atoms with Crippen LogP contribution in [0.5, 0.6) is 0 Å². The van der Waals surface area contributed by atoms with E-state index in [9.17, 15) is 19.2 Å². The Hall–Kier alpha value is -6.80. The molecule has 4 amide bonds. The lowest BCUT2D eigenvalue weighted by atomic mass is 9.62. The van der Waals surface area contributed by atoms with Gasteiger partial charge in [-0.1, -0.05) is 89.6 Å². The normalized spacial score (nSPS) is 17.0. The van der Waals surface area contributed by atoms with Crippen molar-refractivity contribution in [3.05, 3.63) is 186 Å². The fourth-order valence-electron chi connectivity index (χ4n) is 13.0. The van der Waals surface area contributed by atoms with Gasteiger partial charge >= 0.3 is 0 Å². The summed E-state index contributed by atoms with van der Waals surface area (Å²) in [6.07, 6.45) is 10.6. The molecule has 12 aliphatic rings. The number of nitrogens with one attached hydrogen (secondary N) is 4. The molecule has 2 saturated carbocycles. The van der Waals surface area contributed by atoms with Gasteiger partial charge in [-0.2, -0.15) is 0 Å². The van der Waals surface area contributed by atoms with Crippen molar-refractivity contribution in [1.82, 2.24) is 0 Å². The number of benzene rings is 6. The van der Waals surface area contributed by atoms with Gasteiger partial charge < -0.3 is 21.3 Å². The van der Waals surface area contributed by atoms with E-state index < -0.39 is 0 Å². The van der Waals surface area contributed by atoms with Crippen LogP contribution in [-0.4, -0.2) is 23.6 Å². The van der Waals surface area contributed by atoms with E-state index in [1.54, 1.807) is 30.3 Å². The first-order chi connectivity index (χ1) is 34.2. The maximum Gasteiger partial charge on any atom is 0.255 e. The second-order valence-corrected chi connectivity index (χ2v) is 22.7. The fraction of sp³-hybridized carbons (Fsp3) is 0.375. The van der Waals surface area contributed by atoms with Crippen LogP contribution in [0.1, 0.15) is 199 Å². The highest BCUT2D eigenvalue weighted by Gasteiger charge is 2.40. The largest absolute Gasteiger partial charge is 0.322 e. The van der Waals surface area contributed by atoms with Gasteiger partial charge in [-0.3, -0.25) is 19.2 Å². The molecule has 2 spiro atoms. The molecule has 12 bridgehead atoms. The summed E-state index contributed by atoms with van der Waals surface area (Å²) in [7, 11) is 0. The minimum atomic E-state index is -0.334. The third kappa shape index (κ3) is 9.41. The Bertz CT molecular complexity index is 2900. The highest BCUT2D eigenvalue weighted by molar-refractivity contribution is 6.10. The molecule has 10 aliphatic heterocycles. The van der Waals surface area contributed by atoms with Crippen molar-refractivity contribution in [3.63, 3.8) is 0 Å². The monoisotopic (exact) mass is 961 g/mol. The number of anilines is 4. The van der Waals surface area contributed by atoms with Gasteiger partial charge in [0.15, 0.2) is 0 Å². The first-order valence-corrected chi connectivity index (χ1v) is 26.2. The van der Waals surface area contributed by atoms with Gasteiger partial charge in [-0.15, -0.1) is 0 Å². The summed E-state index contributed by atoms with van der Waals surface area (Å²) in [5.41, 5.74) is 17.9. The molecule has 4 N–H and O–H groups in total. The lowest BCUT2D eigenvalue weighted by Gasteiger charge is -2.41. The van der Waals surface area contributed by atoms with E-state index in [2.05, 4.69) is 146 Å². The van der Waals surface area contributed by atoms with Gasteiger partial charge in [-0.05, 0) is 219 Å². The van der Waals surface area contributed by atoms with E-state index in [0.29, 0.717) is 33.6 Å². The van der Waals surface area contributed by atoms with Crippen molar-refractivity contribution in [3.8, 4) is 0 Å². The second-order valence-electron chi connectivity index (χ2n) is 22.7. The maximum absolute atomic E-state index is 14.4. The Labute approximate surface area is 427 Å². The predicted molar refractivity (Wildman–Crippen MR) is 295 cm³/mol. The molecule has 2 aliphatic carbocycles. The minimum absolute atomic E-state index is 0.262. The maximum atomic E-state index is 14.4. The zero-order valence-electron chi connectivity index (χ0n) is 44.4. The molecule has 0 aromatic heterocycles. The van der Waals surface area contributed by atoms with Crippen LogP contribution in [0, 0.1) is 55.4 Å². The summed E-state index contributed by atoms with van der Waals surface area (Å²) >= 11 is 0. The smallest absolute Gasteiger partial charge is 0.255 e. The third-order valence-corrected chi connectivity index (χ3v) is 16.3. The highest BCUT2D eigenvalue weighted by Crippen LogP contribution is 2.51. The van der Waals surface area contributed by atoms with Crippen LogP contribution in [0.3, 0.4) is 0 Å². The van der Waals surface area contributed by atoms with Crippen LogP contribution in [0.15, 0.2) is 91.0 Å². The first kappa shape index (κ1) is 50.2. The average molecular weight is 961 g/mol. The molecular formula is C64H72N4O4. The number of amides is 4. The topological polar surface area (TPSA) is 116 Å². The molecule has 18 rings (SSSR count). The Balaban J connectivity index is 1.17. The average Bonchev–Trinajstić information content (AvgIpc) is 3.33. The molecule has 0 radical (unpaired) electrons. The van der Waals surface area contributed by atoms with Crippen LogP contribution in [-0.2, 0) is 16.2 Å². The molecule has 0 saturated heterocycles.